The fourth-order valence-corrected chi connectivity index (χ4v) is 4.80. The molecule has 0 saturated carbocycles. The summed E-state index contributed by atoms with van der Waals surface area (Å²) in [5.41, 5.74) is 11.5. The minimum atomic E-state index is -1.39. The van der Waals surface area contributed by atoms with E-state index in [1.165, 1.54) is 17.0 Å². The van der Waals surface area contributed by atoms with Crippen molar-refractivity contribution in [3.8, 4) is 0 Å². The number of hydrogen-bond acceptors (Lipinski definition) is 8. The van der Waals surface area contributed by atoms with Crippen LogP contribution in [0, 0.1) is 5.82 Å². The van der Waals surface area contributed by atoms with Gasteiger partial charge in [-0.15, -0.1) is 0 Å². The first-order valence-electron chi connectivity index (χ1n) is 11.8. The van der Waals surface area contributed by atoms with Gasteiger partial charge in [-0.1, -0.05) is 48.5 Å². The number of benzene rings is 3. The number of nitrogen functional groups attached to an aromatic ring is 1. The Kier molecular flexibility index (Phi) is 8.15. The third kappa shape index (κ3) is 5.70. The third-order valence-corrected chi connectivity index (χ3v) is 6.66. The molecule has 4 aromatic rings. The number of amides is 3. The molecule has 0 saturated heterocycles. The monoisotopic (exact) mass is 549 g/mol. The van der Waals surface area contributed by atoms with E-state index in [1.807, 2.05) is 18.2 Å². The van der Waals surface area contributed by atoms with Crippen LogP contribution in [0.3, 0.4) is 0 Å². The summed E-state index contributed by atoms with van der Waals surface area (Å²) in [5.74, 6) is -3.64. The normalized spacial score (nSPS) is 11.5. The van der Waals surface area contributed by atoms with Crippen LogP contribution in [0.25, 0.3) is 10.8 Å². The van der Waals surface area contributed by atoms with Gasteiger partial charge in [-0.05, 0) is 47.6 Å². The highest BCUT2D eigenvalue weighted by atomic mass is 32.1. The lowest BCUT2D eigenvalue weighted by Crippen LogP contribution is -2.45. The van der Waals surface area contributed by atoms with Gasteiger partial charge in [-0.25, -0.2) is 4.39 Å². The Morgan fingerprint density at radius 2 is 1.74 bits per heavy atom. The van der Waals surface area contributed by atoms with Crippen molar-refractivity contribution in [3.63, 3.8) is 0 Å². The molecule has 4 rings (SSSR count). The molecule has 0 spiro atoms. The van der Waals surface area contributed by atoms with Crippen molar-refractivity contribution in [1.82, 2.24) is 9.69 Å². The van der Waals surface area contributed by atoms with E-state index in [9.17, 15) is 23.6 Å². The Morgan fingerprint density at radius 3 is 2.41 bits per heavy atom. The maximum Gasteiger partial charge on any atom is 0.325 e. The van der Waals surface area contributed by atoms with Crippen LogP contribution in [0.5, 0.6) is 0 Å². The fourth-order valence-electron chi connectivity index (χ4n) is 4.05. The Labute approximate surface area is 226 Å². The number of rotatable bonds is 9. The largest absolute Gasteiger partial charge is 0.465 e. The number of primary amides is 1. The smallest absolute Gasteiger partial charge is 0.325 e. The van der Waals surface area contributed by atoms with E-state index in [4.69, 9.17) is 16.2 Å². The summed E-state index contributed by atoms with van der Waals surface area (Å²) in [7, 11) is 0. The lowest BCUT2D eigenvalue weighted by atomic mass is 10.00. The number of carbonyl (C=O) groups is 4. The van der Waals surface area contributed by atoms with Gasteiger partial charge >= 0.3 is 5.97 Å². The molecule has 1 unspecified atom stereocenters. The van der Waals surface area contributed by atoms with Crippen LogP contribution in [0.4, 0.5) is 15.8 Å². The Hall–Kier alpha value is -4.84. The van der Waals surface area contributed by atoms with Crippen LogP contribution in [-0.4, -0.2) is 41.2 Å². The molecule has 1 aromatic heterocycles. The molecule has 200 valence electrons. The predicted molar refractivity (Wildman–Crippen MR) is 145 cm³/mol. The van der Waals surface area contributed by atoms with Gasteiger partial charge in [0, 0.05) is 5.39 Å². The van der Waals surface area contributed by atoms with Gasteiger partial charge in [0.25, 0.3) is 11.8 Å². The van der Waals surface area contributed by atoms with Gasteiger partial charge in [0.05, 0.1) is 18.0 Å². The Bertz CT molecular complexity index is 1550. The maximum atomic E-state index is 14.2. The first kappa shape index (κ1) is 27.2. The number of halogens is 1. The molecule has 0 aliphatic carbocycles. The number of ether oxygens (including phenoxy) is 1. The van der Waals surface area contributed by atoms with Gasteiger partial charge in [-0.3, -0.25) is 24.1 Å². The number of hydrogen-bond donors (Lipinski definition) is 3. The zero-order valence-electron chi connectivity index (χ0n) is 20.7. The summed E-state index contributed by atoms with van der Waals surface area (Å²) < 4.78 is 22.7. The van der Waals surface area contributed by atoms with E-state index in [0.717, 1.165) is 17.5 Å². The molecule has 0 bridgehead atoms. The number of aromatic nitrogens is 1. The molecule has 10 nitrogen and oxygen atoms in total. The number of fused-ring (bicyclic) bond motifs is 1. The Balaban J connectivity index is 1.92. The number of nitrogens with one attached hydrogen (secondary N) is 1. The minimum absolute atomic E-state index is 0.115. The van der Waals surface area contributed by atoms with Crippen LogP contribution in [0.1, 0.15) is 38.7 Å². The number of nitrogens with zero attached hydrogens (tertiary/aromatic N) is 2. The lowest BCUT2D eigenvalue weighted by Gasteiger charge is -2.32. The molecule has 39 heavy (non-hydrogen) atoms. The van der Waals surface area contributed by atoms with Crippen LogP contribution < -0.4 is 21.7 Å². The molecule has 0 fully saturated rings. The topological polar surface area (TPSA) is 158 Å². The average molecular weight is 550 g/mol. The van der Waals surface area contributed by atoms with Crippen LogP contribution >= 0.6 is 11.5 Å². The molecule has 0 aliphatic rings. The number of carbonyl (C=O) groups excluding carboxylic acids is 4. The highest BCUT2D eigenvalue weighted by molar-refractivity contribution is 7.09. The minimum Gasteiger partial charge on any atom is -0.465 e. The third-order valence-electron chi connectivity index (χ3n) is 5.81. The number of anilines is 2. The number of nitrogens with two attached hydrogens (primary N) is 2. The van der Waals surface area contributed by atoms with E-state index >= 15 is 0 Å². The summed E-state index contributed by atoms with van der Waals surface area (Å²) >= 11 is 0.660. The van der Waals surface area contributed by atoms with Crippen molar-refractivity contribution >= 4 is 57.4 Å². The molecule has 3 amide bonds. The molecular formula is C27H24FN5O5S. The van der Waals surface area contributed by atoms with E-state index in [2.05, 4.69) is 9.69 Å². The lowest BCUT2D eigenvalue weighted by molar-refractivity contribution is -0.143. The Morgan fingerprint density at radius 1 is 1.05 bits per heavy atom. The number of esters is 1. The van der Waals surface area contributed by atoms with Crippen LogP contribution in [0.15, 0.2) is 66.7 Å². The first-order chi connectivity index (χ1) is 18.7. The molecule has 1 heterocycles. The molecule has 5 N–H and O–H groups in total. The zero-order valence-corrected chi connectivity index (χ0v) is 21.5. The van der Waals surface area contributed by atoms with E-state index in [1.54, 1.807) is 31.2 Å². The second-order valence-electron chi connectivity index (χ2n) is 8.29. The first-order valence-corrected chi connectivity index (χ1v) is 12.5. The van der Waals surface area contributed by atoms with Gasteiger partial charge < -0.3 is 21.5 Å². The van der Waals surface area contributed by atoms with Crippen molar-refractivity contribution < 1.29 is 28.3 Å². The fraction of sp³-hybridized carbons (Fsp3) is 0.148. The second kappa shape index (κ2) is 11.7. The molecule has 0 aliphatic heterocycles. The quantitative estimate of drug-likeness (QED) is 0.271. The molecule has 3 aromatic carbocycles. The van der Waals surface area contributed by atoms with Crippen molar-refractivity contribution in [1.29, 1.82) is 0 Å². The van der Waals surface area contributed by atoms with E-state index in [-0.39, 0.29) is 28.4 Å². The molecule has 0 radical (unpaired) electrons. The van der Waals surface area contributed by atoms with Gasteiger partial charge in [0.15, 0.2) is 5.69 Å². The summed E-state index contributed by atoms with van der Waals surface area (Å²) in [6.07, 6.45) is 0. The van der Waals surface area contributed by atoms with Crippen molar-refractivity contribution in [2.45, 2.75) is 13.0 Å². The molecule has 1 atom stereocenters. The molecular weight excluding hydrogens is 525 g/mol. The van der Waals surface area contributed by atoms with Gasteiger partial charge in [-0.2, -0.15) is 4.37 Å². The summed E-state index contributed by atoms with van der Waals surface area (Å²) in [6.45, 7) is 1.28. The van der Waals surface area contributed by atoms with Crippen molar-refractivity contribution in [2.75, 3.05) is 23.8 Å². The maximum absolute atomic E-state index is 14.2. The van der Waals surface area contributed by atoms with Crippen LogP contribution in [0.2, 0.25) is 0 Å². The van der Waals surface area contributed by atoms with Gasteiger partial charge in [0.2, 0.25) is 5.91 Å². The molecule has 12 heteroatoms. The second-order valence-corrected chi connectivity index (χ2v) is 9.06. The highest BCUT2D eigenvalue weighted by Crippen LogP contribution is 2.37. The average Bonchev–Trinajstić information content (AvgIpc) is 3.32. The van der Waals surface area contributed by atoms with E-state index < -0.39 is 42.1 Å². The zero-order chi connectivity index (χ0) is 28.1. The highest BCUT2D eigenvalue weighted by Gasteiger charge is 2.37. The van der Waals surface area contributed by atoms with Gasteiger partial charge in [0.1, 0.15) is 23.3 Å². The van der Waals surface area contributed by atoms with Crippen molar-refractivity contribution in [2.24, 2.45) is 5.73 Å². The standard InChI is InChI=1S/C27H24FN5O5S/c1-2-38-20(34)14-31-26(36)23(16-10-12-17(28)13-11-16)33(19-9-5-7-15-6-3-4-8-18(15)19)27(37)24-21(29)22(25(30)35)32-39-24/h3-13,23H,2,14,29H2,1H3,(H2,30,35)(H,31,36). The summed E-state index contributed by atoms with van der Waals surface area (Å²) in [6, 6.07) is 16.0. The van der Waals surface area contributed by atoms with Crippen molar-refractivity contribution in [3.05, 3.63) is 88.7 Å². The predicted octanol–water partition coefficient (Wildman–Crippen LogP) is 3.18. The SMILES string of the molecule is CCOC(=O)CNC(=O)C(c1ccc(F)cc1)N(C(=O)c1snc(C(N)=O)c1N)c1cccc2ccccc12. The summed E-state index contributed by atoms with van der Waals surface area (Å²) in [5, 5.41) is 3.90. The summed E-state index contributed by atoms with van der Waals surface area (Å²) in [4.78, 5) is 52.7. The van der Waals surface area contributed by atoms with E-state index in [0.29, 0.717) is 22.6 Å². The van der Waals surface area contributed by atoms with Crippen LogP contribution in [-0.2, 0) is 14.3 Å².